The van der Waals surface area contributed by atoms with Crippen molar-refractivity contribution in [3.8, 4) is 11.4 Å². The third-order valence-electron chi connectivity index (χ3n) is 4.45. The van der Waals surface area contributed by atoms with Crippen LogP contribution in [-0.4, -0.2) is 26.1 Å². The highest BCUT2D eigenvalue weighted by atomic mass is 19.4. The van der Waals surface area contributed by atoms with Gasteiger partial charge in [0.1, 0.15) is 0 Å². The quantitative estimate of drug-likeness (QED) is 0.507. The van der Waals surface area contributed by atoms with Crippen LogP contribution in [0.3, 0.4) is 0 Å². The molecule has 0 aliphatic carbocycles. The van der Waals surface area contributed by atoms with Crippen LogP contribution in [0.2, 0.25) is 0 Å². The number of amides is 1. The molecule has 6 nitrogen and oxygen atoms in total. The molecule has 0 fully saturated rings. The highest BCUT2D eigenvalue weighted by Crippen LogP contribution is 2.31. The van der Waals surface area contributed by atoms with Crippen molar-refractivity contribution in [3.63, 3.8) is 0 Å². The van der Waals surface area contributed by atoms with Crippen LogP contribution in [0.4, 0.5) is 18.9 Å². The van der Waals surface area contributed by atoms with E-state index in [-0.39, 0.29) is 23.8 Å². The minimum absolute atomic E-state index is 0.0871. The predicted octanol–water partition coefficient (Wildman–Crippen LogP) is 4.66. The lowest BCUT2D eigenvalue weighted by molar-refractivity contribution is -0.137. The van der Waals surface area contributed by atoms with Gasteiger partial charge in [0.05, 0.1) is 12.1 Å². The number of anilines is 1. The molecule has 0 aliphatic heterocycles. The summed E-state index contributed by atoms with van der Waals surface area (Å²) in [5, 5.41) is 14.7. The van der Waals surface area contributed by atoms with E-state index < -0.39 is 11.7 Å². The van der Waals surface area contributed by atoms with Crippen LogP contribution in [0.15, 0.2) is 78.9 Å². The highest BCUT2D eigenvalue weighted by Gasteiger charge is 2.30. The molecular formula is C22H16F3N5O. The number of hydrogen-bond acceptors (Lipinski definition) is 4. The Kier molecular flexibility index (Phi) is 5.48. The van der Waals surface area contributed by atoms with Crippen molar-refractivity contribution in [3.05, 3.63) is 95.6 Å². The van der Waals surface area contributed by atoms with Crippen LogP contribution in [0.25, 0.3) is 11.4 Å². The lowest BCUT2D eigenvalue weighted by Crippen LogP contribution is -2.12. The summed E-state index contributed by atoms with van der Waals surface area (Å²) < 4.78 is 38.8. The summed E-state index contributed by atoms with van der Waals surface area (Å²) >= 11 is 0. The maximum atomic E-state index is 12.9. The summed E-state index contributed by atoms with van der Waals surface area (Å²) in [6, 6.07) is 20.8. The van der Waals surface area contributed by atoms with Gasteiger partial charge in [0.25, 0.3) is 5.91 Å². The number of nitrogens with zero attached hydrogens (tertiary/aromatic N) is 4. The molecule has 9 heteroatoms. The number of para-hydroxylation sites is 1. The fraction of sp³-hybridized carbons (Fsp3) is 0.0909. The number of hydrogen-bond donors (Lipinski definition) is 1. The van der Waals surface area contributed by atoms with Gasteiger partial charge in [-0.3, -0.25) is 4.79 Å². The number of halogens is 3. The Balaban J connectivity index is 1.49. The molecule has 1 heterocycles. The van der Waals surface area contributed by atoms with E-state index in [9.17, 15) is 18.0 Å². The van der Waals surface area contributed by atoms with Crippen molar-refractivity contribution in [1.29, 1.82) is 0 Å². The lowest BCUT2D eigenvalue weighted by Gasteiger charge is -2.07. The number of nitrogens with one attached hydrogen (secondary N) is 1. The van der Waals surface area contributed by atoms with E-state index in [4.69, 9.17) is 0 Å². The van der Waals surface area contributed by atoms with Crippen LogP contribution in [-0.2, 0) is 12.7 Å². The minimum atomic E-state index is -4.45. The molecule has 1 N–H and O–H groups in total. The fourth-order valence-electron chi connectivity index (χ4n) is 2.96. The molecule has 0 bridgehead atoms. The summed E-state index contributed by atoms with van der Waals surface area (Å²) in [4.78, 5) is 13.7. The average Bonchev–Trinajstić information content (AvgIpc) is 3.23. The molecule has 0 aliphatic rings. The maximum absolute atomic E-state index is 12.9. The number of benzene rings is 3. The van der Waals surface area contributed by atoms with E-state index in [2.05, 4.69) is 20.7 Å². The van der Waals surface area contributed by atoms with Gasteiger partial charge in [-0.25, -0.2) is 0 Å². The Morgan fingerprint density at radius 2 is 1.71 bits per heavy atom. The van der Waals surface area contributed by atoms with Crippen LogP contribution in [0, 0.1) is 0 Å². The SMILES string of the molecule is O=C(Nc1ccccc1)c1cccc(Cn2nnc(-c3cccc(C(F)(F)F)c3)n2)c1. The minimum Gasteiger partial charge on any atom is -0.322 e. The Hall–Kier alpha value is -4.01. The van der Waals surface area contributed by atoms with Crippen LogP contribution in [0.1, 0.15) is 21.5 Å². The molecule has 156 valence electrons. The first-order valence-electron chi connectivity index (χ1n) is 9.29. The third-order valence-corrected chi connectivity index (χ3v) is 4.45. The van der Waals surface area contributed by atoms with Crippen molar-refractivity contribution >= 4 is 11.6 Å². The molecule has 4 rings (SSSR count). The van der Waals surface area contributed by atoms with Crippen molar-refractivity contribution in [2.45, 2.75) is 12.7 Å². The first-order valence-corrected chi connectivity index (χ1v) is 9.29. The molecule has 1 aromatic heterocycles. The molecule has 0 unspecified atom stereocenters. The zero-order valence-corrected chi connectivity index (χ0v) is 16.0. The van der Waals surface area contributed by atoms with E-state index >= 15 is 0 Å². The van der Waals surface area contributed by atoms with Crippen molar-refractivity contribution in [1.82, 2.24) is 20.2 Å². The molecule has 0 saturated heterocycles. The van der Waals surface area contributed by atoms with E-state index in [1.165, 1.54) is 16.9 Å². The maximum Gasteiger partial charge on any atom is 0.416 e. The largest absolute Gasteiger partial charge is 0.416 e. The summed E-state index contributed by atoms with van der Waals surface area (Å²) in [6.45, 7) is 0.207. The second kappa shape index (κ2) is 8.39. The summed E-state index contributed by atoms with van der Waals surface area (Å²) in [5.41, 5.74) is 1.32. The molecule has 0 saturated carbocycles. The Morgan fingerprint density at radius 1 is 0.935 bits per heavy atom. The van der Waals surface area contributed by atoms with E-state index in [1.807, 2.05) is 18.2 Å². The number of carbonyl (C=O) groups is 1. The van der Waals surface area contributed by atoms with Gasteiger partial charge in [0.15, 0.2) is 0 Å². The van der Waals surface area contributed by atoms with Crippen molar-refractivity contribution in [2.75, 3.05) is 5.32 Å². The first-order chi connectivity index (χ1) is 14.9. The van der Waals surface area contributed by atoms with Gasteiger partial charge in [0.2, 0.25) is 5.82 Å². The van der Waals surface area contributed by atoms with E-state index in [1.54, 1.807) is 36.4 Å². The summed E-state index contributed by atoms with van der Waals surface area (Å²) in [5.74, 6) is -0.173. The second-order valence-electron chi connectivity index (χ2n) is 6.74. The molecule has 4 aromatic rings. The molecule has 1 amide bonds. The molecule has 3 aromatic carbocycles. The second-order valence-corrected chi connectivity index (χ2v) is 6.74. The fourth-order valence-corrected chi connectivity index (χ4v) is 2.96. The Labute approximate surface area is 175 Å². The van der Waals surface area contributed by atoms with Gasteiger partial charge in [0, 0.05) is 16.8 Å². The lowest BCUT2D eigenvalue weighted by atomic mass is 10.1. The number of alkyl halides is 3. The Morgan fingerprint density at radius 3 is 2.48 bits per heavy atom. The molecule has 0 atom stereocenters. The highest BCUT2D eigenvalue weighted by molar-refractivity contribution is 6.04. The monoisotopic (exact) mass is 423 g/mol. The zero-order chi connectivity index (χ0) is 21.8. The number of aromatic nitrogens is 4. The van der Waals surface area contributed by atoms with Crippen LogP contribution in [0.5, 0.6) is 0 Å². The van der Waals surface area contributed by atoms with Gasteiger partial charge in [-0.1, -0.05) is 42.5 Å². The molecule has 0 radical (unpaired) electrons. The normalized spacial score (nSPS) is 11.3. The van der Waals surface area contributed by atoms with Crippen LogP contribution < -0.4 is 5.32 Å². The van der Waals surface area contributed by atoms with Gasteiger partial charge in [-0.05, 0) is 47.2 Å². The van der Waals surface area contributed by atoms with E-state index in [0.717, 1.165) is 17.7 Å². The number of rotatable bonds is 5. The summed E-state index contributed by atoms with van der Waals surface area (Å²) in [6.07, 6.45) is -4.45. The van der Waals surface area contributed by atoms with Crippen molar-refractivity contribution < 1.29 is 18.0 Å². The first kappa shape index (κ1) is 20.3. The summed E-state index contributed by atoms with van der Waals surface area (Å²) in [7, 11) is 0. The number of tetrazole rings is 1. The van der Waals surface area contributed by atoms with E-state index in [0.29, 0.717) is 11.3 Å². The van der Waals surface area contributed by atoms with Crippen LogP contribution >= 0.6 is 0 Å². The van der Waals surface area contributed by atoms with Gasteiger partial charge in [-0.2, -0.15) is 18.0 Å². The topological polar surface area (TPSA) is 72.7 Å². The van der Waals surface area contributed by atoms with Crippen molar-refractivity contribution in [2.24, 2.45) is 0 Å². The molecule has 31 heavy (non-hydrogen) atoms. The molecular weight excluding hydrogens is 407 g/mol. The zero-order valence-electron chi connectivity index (χ0n) is 16.0. The van der Waals surface area contributed by atoms with Gasteiger partial charge >= 0.3 is 6.18 Å². The Bertz CT molecular complexity index is 1210. The smallest absolute Gasteiger partial charge is 0.322 e. The van der Waals surface area contributed by atoms with Gasteiger partial charge in [-0.15, -0.1) is 10.2 Å². The third kappa shape index (κ3) is 4.95. The average molecular weight is 423 g/mol. The van der Waals surface area contributed by atoms with Gasteiger partial charge < -0.3 is 5.32 Å². The standard InChI is InChI=1S/C22H16F3N5O/c23-22(24,25)18-9-5-7-16(13-18)20-27-29-30(28-20)14-15-6-4-8-17(12-15)21(31)26-19-10-2-1-3-11-19/h1-13H,14H2,(H,26,31). The predicted molar refractivity (Wildman–Crippen MR) is 108 cm³/mol. The number of carbonyl (C=O) groups excluding carboxylic acids is 1. The molecule has 0 spiro atoms.